The molecule has 1 amide bonds. The number of carbonyl (C=O) groups excluding carboxylic acids is 1. The first kappa shape index (κ1) is 14.0. The second-order valence-corrected chi connectivity index (χ2v) is 4.32. The van der Waals surface area contributed by atoms with E-state index in [2.05, 4.69) is 17.2 Å². The third kappa shape index (κ3) is 3.46. The van der Waals surface area contributed by atoms with Gasteiger partial charge in [0.1, 0.15) is 0 Å². The summed E-state index contributed by atoms with van der Waals surface area (Å²) >= 11 is 5.58. The van der Waals surface area contributed by atoms with E-state index in [1.807, 2.05) is 18.2 Å². The SMILES string of the molecule is C=C(Cl)CNC(=O)c1ccc2c(c1)CNC2.Cl. The second kappa shape index (κ2) is 6.05. The van der Waals surface area contributed by atoms with Gasteiger partial charge in [-0.2, -0.15) is 0 Å². The summed E-state index contributed by atoms with van der Waals surface area (Å²) in [5, 5.41) is 6.36. The monoisotopic (exact) mass is 272 g/mol. The van der Waals surface area contributed by atoms with Gasteiger partial charge in [0.15, 0.2) is 0 Å². The number of hydrogen-bond donors (Lipinski definition) is 2. The summed E-state index contributed by atoms with van der Waals surface area (Å²) in [6.45, 7) is 5.54. The Hall–Kier alpha value is -1.03. The van der Waals surface area contributed by atoms with Gasteiger partial charge in [-0.3, -0.25) is 4.79 Å². The second-order valence-electron chi connectivity index (χ2n) is 3.79. The summed E-state index contributed by atoms with van der Waals surface area (Å²) in [4.78, 5) is 11.7. The van der Waals surface area contributed by atoms with Crippen molar-refractivity contribution in [3.05, 3.63) is 46.5 Å². The van der Waals surface area contributed by atoms with Crippen LogP contribution in [0, 0.1) is 0 Å². The molecule has 2 N–H and O–H groups in total. The minimum Gasteiger partial charge on any atom is -0.347 e. The Morgan fingerprint density at radius 2 is 2.12 bits per heavy atom. The summed E-state index contributed by atoms with van der Waals surface area (Å²) in [7, 11) is 0. The summed E-state index contributed by atoms with van der Waals surface area (Å²) in [6, 6.07) is 5.74. The Morgan fingerprint density at radius 1 is 1.41 bits per heavy atom. The van der Waals surface area contributed by atoms with E-state index in [-0.39, 0.29) is 18.3 Å². The topological polar surface area (TPSA) is 41.1 Å². The van der Waals surface area contributed by atoms with Crippen LogP contribution >= 0.6 is 24.0 Å². The zero-order chi connectivity index (χ0) is 11.5. The lowest BCUT2D eigenvalue weighted by molar-refractivity contribution is 0.0957. The summed E-state index contributed by atoms with van der Waals surface area (Å²) < 4.78 is 0. The van der Waals surface area contributed by atoms with Crippen molar-refractivity contribution >= 4 is 29.9 Å². The molecule has 2 rings (SSSR count). The molecule has 1 heterocycles. The molecule has 5 heteroatoms. The van der Waals surface area contributed by atoms with E-state index in [1.165, 1.54) is 11.1 Å². The Balaban J connectivity index is 0.00000144. The number of benzene rings is 1. The normalized spacial score (nSPS) is 12.5. The number of hydrogen-bond acceptors (Lipinski definition) is 2. The lowest BCUT2D eigenvalue weighted by atomic mass is 10.1. The summed E-state index contributed by atoms with van der Waals surface area (Å²) in [5.74, 6) is -0.114. The van der Waals surface area contributed by atoms with Gasteiger partial charge in [0.2, 0.25) is 0 Å². The average Bonchev–Trinajstić information content (AvgIpc) is 2.72. The molecule has 0 radical (unpaired) electrons. The van der Waals surface area contributed by atoms with Crippen LogP contribution in [0.5, 0.6) is 0 Å². The van der Waals surface area contributed by atoms with Crippen molar-refractivity contribution in [2.24, 2.45) is 0 Å². The molecule has 0 unspecified atom stereocenters. The smallest absolute Gasteiger partial charge is 0.251 e. The van der Waals surface area contributed by atoms with E-state index in [1.54, 1.807) is 0 Å². The first-order valence-electron chi connectivity index (χ1n) is 5.11. The lowest BCUT2D eigenvalue weighted by Gasteiger charge is -2.05. The molecule has 1 aromatic carbocycles. The van der Waals surface area contributed by atoms with E-state index in [0.717, 1.165) is 13.1 Å². The number of fused-ring (bicyclic) bond motifs is 1. The van der Waals surface area contributed by atoms with Gasteiger partial charge in [0, 0.05) is 23.7 Å². The largest absolute Gasteiger partial charge is 0.347 e. The molecule has 0 bridgehead atoms. The summed E-state index contributed by atoms with van der Waals surface area (Å²) in [6.07, 6.45) is 0. The van der Waals surface area contributed by atoms with Gasteiger partial charge in [-0.25, -0.2) is 0 Å². The van der Waals surface area contributed by atoms with Gasteiger partial charge < -0.3 is 10.6 Å². The maximum Gasteiger partial charge on any atom is 0.251 e. The standard InChI is InChI=1S/C12H13ClN2O.ClH/c1-8(13)5-15-12(16)9-2-3-10-6-14-7-11(10)4-9;/h2-4,14H,1,5-7H2,(H,15,16);1H. The van der Waals surface area contributed by atoms with E-state index >= 15 is 0 Å². The molecule has 0 aromatic heterocycles. The van der Waals surface area contributed by atoms with Gasteiger partial charge in [-0.05, 0) is 23.3 Å². The average molecular weight is 273 g/mol. The van der Waals surface area contributed by atoms with E-state index in [0.29, 0.717) is 17.1 Å². The fourth-order valence-electron chi connectivity index (χ4n) is 1.71. The van der Waals surface area contributed by atoms with E-state index < -0.39 is 0 Å². The Kier molecular flexibility index (Phi) is 5.00. The molecule has 1 aromatic rings. The zero-order valence-electron chi connectivity index (χ0n) is 9.25. The van der Waals surface area contributed by atoms with Crippen molar-refractivity contribution in [1.29, 1.82) is 0 Å². The first-order valence-corrected chi connectivity index (χ1v) is 5.48. The maximum absolute atomic E-state index is 11.7. The van der Waals surface area contributed by atoms with Crippen LogP contribution in [0.3, 0.4) is 0 Å². The number of carbonyl (C=O) groups is 1. The quantitative estimate of drug-likeness (QED) is 0.886. The molecule has 92 valence electrons. The molecule has 0 spiro atoms. The number of rotatable bonds is 3. The van der Waals surface area contributed by atoms with Crippen molar-refractivity contribution in [3.63, 3.8) is 0 Å². The molecular formula is C12H14Cl2N2O. The predicted octanol–water partition coefficient (Wildman–Crippen LogP) is 2.19. The Labute approximate surface area is 112 Å². The molecule has 0 fully saturated rings. The first-order chi connectivity index (χ1) is 7.66. The van der Waals surface area contributed by atoms with Crippen LogP contribution in [0.15, 0.2) is 29.8 Å². The molecular weight excluding hydrogens is 259 g/mol. The molecule has 1 aliphatic heterocycles. The fourth-order valence-corrected chi connectivity index (χ4v) is 1.78. The fraction of sp³-hybridized carbons (Fsp3) is 0.250. The van der Waals surface area contributed by atoms with Crippen LogP contribution in [0.4, 0.5) is 0 Å². The van der Waals surface area contributed by atoms with Gasteiger partial charge in [0.05, 0.1) is 6.54 Å². The van der Waals surface area contributed by atoms with E-state index in [4.69, 9.17) is 11.6 Å². The van der Waals surface area contributed by atoms with Crippen LogP contribution in [-0.2, 0) is 13.1 Å². The van der Waals surface area contributed by atoms with Crippen molar-refractivity contribution in [2.75, 3.05) is 6.54 Å². The molecule has 0 aliphatic carbocycles. The predicted molar refractivity (Wildman–Crippen MR) is 71.6 cm³/mol. The van der Waals surface area contributed by atoms with Crippen molar-refractivity contribution in [2.45, 2.75) is 13.1 Å². The van der Waals surface area contributed by atoms with Gasteiger partial charge in [-0.15, -0.1) is 12.4 Å². The van der Waals surface area contributed by atoms with Crippen LogP contribution in [-0.4, -0.2) is 12.5 Å². The summed E-state index contributed by atoms with van der Waals surface area (Å²) in [5.41, 5.74) is 3.12. The highest BCUT2D eigenvalue weighted by Gasteiger charge is 2.13. The minimum atomic E-state index is -0.114. The van der Waals surface area contributed by atoms with Crippen LogP contribution in [0.1, 0.15) is 21.5 Å². The molecule has 0 saturated heterocycles. The van der Waals surface area contributed by atoms with Gasteiger partial charge >= 0.3 is 0 Å². The van der Waals surface area contributed by atoms with Crippen LogP contribution in [0.2, 0.25) is 0 Å². The van der Waals surface area contributed by atoms with Crippen molar-refractivity contribution in [3.8, 4) is 0 Å². The highest BCUT2D eigenvalue weighted by Crippen LogP contribution is 2.16. The highest BCUT2D eigenvalue weighted by atomic mass is 35.5. The highest BCUT2D eigenvalue weighted by molar-refractivity contribution is 6.29. The van der Waals surface area contributed by atoms with Gasteiger partial charge in [-0.1, -0.05) is 24.2 Å². The van der Waals surface area contributed by atoms with Gasteiger partial charge in [0.25, 0.3) is 5.91 Å². The van der Waals surface area contributed by atoms with Crippen molar-refractivity contribution < 1.29 is 4.79 Å². The molecule has 1 aliphatic rings. The Morgan fingerprint density at radius 3 is 2.82 bits per heavy atom. The lowest BCUT2D eigenvalue weighted by Crippen LogP contribution is -2.24. The third-order valence-electron chi connectivity index (χ3n) is 2.54. The third-order valence-corrected chi connectivity index (χ3v) is 2.67. The van der Waals surface area contributed by atoms with Crippen LogP contribution in [0.25, 0.3) is 0 Å². The number of amides is 1. The molecule has 3 nitrogen and oxygen atoms in total. The van der Waals surface area contributed by atoms with Crippen molar-refractivity contribution in [1.82, 2.24) is 10.6 Å². The molecule has 0 saturated carbocycles. The Bertz CT molecular complexity index is 446. The van der Waals surface area contributed by atoms with Crippen LogP contribution < -0.4 is 10.6 Å². The van der Waals surface area contributed by atoms with E-state index in [9.17, 15) is 4.79 Å². The number of halogens is 2. The maximum atomic E-state index is 11.7. The minimum absolute atomic E-state index is 0. The molecule has 0 atom stereocenters. The zero-order valence-corrected chi connectivity index (χ0v) is 10.8. The molecule has 17 heavy (non-hydrogen) atoms. The number of nitrogens with one attached hydrogen (secondary N) is 2.